The van der Waals surface area contributed by atoms with Gasteiger partial charge in [0.25, 0.3) is 0 Å². The highest BCUT2D eigenvalue weighted by atomic mass is 32.2. The molecule has 2 N–H and O–H groups in total. The Morgan fingerprint density at radius 2 is 1.69 bits per heavy atom. The third kappa shape index (κ3) is 6.05. The van der Waals surface area contributed by atoms with Crippen molar-refractivity contribution in [3.63, 3.8) is 0 Å². The second kappa shape index (κ2) is 10.1. The van der Waals surface area contributed by atoms with E-state index in [2.05, 4.69) is 17.2 Å². The average molecular weight is 456 g/mol. The van der Waals surface area contributed by atoms with E-state index in [4.69, 9.17) is 0 Å². The molecule has 32 heavy (non-hydrogen) atoms. The predicted molar refractivity (Wildman–Crippen MR) is 125 cm³/mol. The van der Waals surface area contributed by atoms with Gasteiger partial charge in [0.1, 0.15) is 0 Å². The molecule has 0 spiro atoms. The zero-order valence-corrected chi connectivity index (χ0v) is 19.0. The number of nitrogens with one attached hydrogen (secondary N) is 2. The molecule has 170 valence electrons. The van der Waals surface area contributed by atoms with E-state index in [1.807, 2.05) is 37.3 Å². The summed E-state index contributed by atoms with van der Waals surface area (Å²) in [6.07, 6.45) is 3.23. The van der Waals surface area contributed by atoms with Crippen LogP contribution in [0.2, 0.25) is 0 Å². The number of benzene rings is 2. The Hall–Kier alpha value is -2.97. The van der Waals surface area contributed by atoms with Crippen LogP contribution in [-0.4, -0.2) is 43.2 Å². The van der Waals surface area contributed by atoms with Crippen molar-refractivity contribution in [2.24, 2.45) is 0 Å². The van der Waals surface area contributed by atoms with Crippen molar-refractivity contribution in [2.75, 3.05) is 18.4 Å². The molecule has 3 rings (SSSR count). The van der Waals surface area contributed by atoms with Gasteiger partial charge in [0.2, 0.25) is 21.8 Å². The van der Waals surface area contributed by atoms with Crippen LogP contribution in [0.15, 0.2) is 72.1 Å². The van der Waals surface area contributed by atoms with E-state index in [1.54, 1.807) is 12.1 Å². The summed E-state index contributed by atoms with van der Waals surface area (Å²) in [6.45, 7) is 5.99. The molecular weight excluding hydrogens is 426 g/mol. The molecule has 1 saturated heterocycles. The maximum Gasteiger partial charge on any atom is 0.243 e. The van der Waals surface area contributed by atoms with Gasteiger partial charge in [-0.3, -0.25) is 9.59 Å². The van der Waals surface area contributed by atoms with Crippen LogP contribution in [0.25, 0.3) is 0 Å². The molecule has 1 heterocycles. The van der Waals surface area contributed by atoms with Crippen molar-refractivity contribution >= 4 is 27.5 Å². The van der Waals surface area contributed by atoms with Crippen molar-refractivity contribution in [1.29, 1.82) is 0 Å². The summed E-state index contributed by atoms with van der Waals surface area (Å²) in [5.41, 5.74) is 1.19. The molecular formula is C24H29N3O4S. The number of hydrogen-bond acceptors (Lipinski definition) is 4. The van der Waals surface area contributed by atoms with Gasteiger partial charge >= 0.3 is 0 Å². The number of nitrogens with zero attached hydrogens (tertiary/aromatic N) is 1. The van der Waals surface area contributed by atoms with Gasteiger partial charge < -0.3 is 10.6 Å². The van der Waals surface area contributed by atoms with Crippen molar-refractivity contribution in [2.45, 2.75) is 43.0 Å². The highest BCUT2D eigenvalue weighted by Crippen LogP contribution is 2.27. The van der Waals surface area contributed by atoms with Crippen LogP contribution in [0.3, 0.4) is 0 Å². The fourth-order valence-corrected chi connectivity index (χ4v) is 5.12. The molecule has 0 aromatic heterocycles. The monoisotopic (exact) mass is 455 g/mol. The maximum absolute atomic E-state index is 13.0. The number of piperidine rings is 1. The summed E-state index contributed by atoms with van der Waals surface area (Å²) in [4.78, 5) is 24.0. The van der Waals surface area contributed by atoms with Crippen molar-refractivity contribution in [3.8, 4) is 0 Å². The Morgan fingerprint density at radius 3 is 2.28 bits per heavy atom. The lowest BCUT2D eigenvalue weighted by Gasteiger charge is -2.39. The number of rotatable bonds is 8. The molecule has 2 aromatic carbocycles. The minimum atomic E-state index is -3.65. The largest absolute Gasteiger partial charge is 0.347 e. The number of carbonyl (C=O) groups is 2. The SMILES string of the molecule is C=CC(=O)NC1(C)CCN(S(=O)(=O)c2ccc(NC(=O)CCc3ccccc3)cc2)CC1. The first-order chi connectivity index (χ1) is 15.2. The Balaban J connectivity index is 1.56. The van der Waals surface area contributed by atoms with Crippen LogP contribution in [-0.2, 0) is 26.0 Å². The summed E-state index contributed by atoms with van der Waals surface area (Å²) in [7, 11) is -3.65. The van der Waals surface area contributed by atoms with E-state index in [0.717, 1.165) is 5.56 Å². The van der Waals surface area contributed by atoms with Crippen LogP contribution in [0.4, 0.5) is 5.69 Å². The van der Waals surface area contributed by atoms with Crippen LogP contribution in [0.1, 0.15) is 31.7 Å². The third-order valence-electron chi connectivity index (χ3n) is 5.70. The molecule has 2 aromatic rings. The van der Waals surface area contributed by atoms with Gasteiger partial charge in [-0.2, -0.15) is 4.31 Å². The highest BCUT2D eigenvalue weighted by molar-refractivity contribution is 7.89. The second-order valence-corrected chi connectivity index (χ2v) is 10.2. The van der Waals surface area contributed by atoms with Crippen LogP contribution < -0.4 is 10.6 Å². The topological polar surface area (TPSA) is 95.6 Å². The summed E-state index contributed by atoms with van der Waals surface area (Å²) in [5, 5.41) is 5.69. The maximum atomic E-state index is 13.0. The molecule has 0 unspecified atom stereocenters. The molecule has 0 aliphatic carbocycles. The highest BCUT2D eigenvalue weighted by Gasteiger charge is 2.36. The van der Waals surface area contributed by atoms with Gasteiger partial charge in [-0.15, -0.1) is 0 Å². The fraction of sp³-hybridized carbons (Fsp3) is 0.333. The minimum absolute atomic E-state index is 0.124. The minimum Gasteiger partial charge on any atom is -0.347 e. The molecule has 1 aliphatic rings. The molecule has 0 radical (unpaired) electrons. The van der Waals surface area contributed by atoms with E-state index in [-0.39, 0.29) is 16.7 Å². The Bertz CT molecular complexity index is 1060. The summed E-state index contributed by atoms with van der Waals surface area (Å²) >= 11 is 0. The van der Waals surface area contributed by atoms with Gasteiger partial charge in [-0.1, -0.05) is 36.9 Å². The molecule has 0 atom stereocenters. The lowest BCUT2D eigenvalue weighted by molar-refractivity contribution is -0.118. The second-order valence-electron chi connectivity index (χ2n) is 8.22. The zero-order chi connectivity index (χ0) is 23.2. The lowest BCUT2D eigenvalue weighted by atomic mass is 9.90. The number of aryl methyl sites for hydroxylation is 1. The lowest BCUT2D eigenvalue weighted by Crippen LogP contribution is -2.53. The summed E-state index contributed by atoms with van der Waals surface area (Å²) < 4.78 is 27.4. The Labute approximate surface area is 189 Å². The first-order valence-corrected chi connectivity index (χ1v) is 12.0. The van der Waals surface area contributed by atoms with Crippen molar-refractivity contribution in [3.05, 3.63) is 72.8 Å². The number of carbonyl (C=O) groups excluding carboxylic acids is 2. The standard InChI is InChI=1S/C24H29N3O4S/c1-3-22(28)26-24(2)15-17-27(18-16-24)32(30,31)21-12-10-20(11-13-21)25-23(29)14-9-19-7-5-4-6-8-19/h3-8,10-13H,1,9,14-18H2,2H3,(H,25,29)(H,26,28). The number of hydrogen-bond donors (Lipinski definition) is 2. The van der Waals surface area contributed by atoms with E-state index in [0.29, 0.717) is 44.5 Å². The summed E-state index contributed by atoms with van der Waals surface area (Å²) in [5.74, 6) is -0.383. The van der Waals surface area contributed by atoms with Gasteiger partial charge in [-0.05, 0) is 62.1 Å². The fourth-order valence-electron chi connectivity index (χ4n) is 3.68. The molecule has 0 bridgehead atoms. The van der Waals surface area contributed by atoms with Gasteiger partial charge in [0.15, 0.2) is 0 Å². The molecule has 1 fully saturated rings. The van der Waals surface area contributed by atoms with Gasteiger partial charge in [0, 0.05) is 30.7 Å². The van der Waals surface area contributed by atoms with Crippen molar-refractivity contribution in [1.82, 2.24) is 9.62 Å². The van der Waals surface area contributed by atoms with Crippen LogP contribution in [0, 0.1) is 0 Å². The summed E-state index contributed by atoms with van der Waals surface area (Å²) in [6, 6.07) is 16.0. The Morgan fingerprint density at radius 1 is 1.06 bits per heavy atom. The molecule has 0 saturated carbocycles. The van der Waals surface area contributed by atoms with Crippen molar-refractivity contribution < 1.29 is 18.0 Å². The zero-order valence-electron chi connectivity index (χ0n) is 18.2. The van der Waals surface area contributed by atoms with Crippen LogP contribution in [0.5, 0.6) is 0 Å². The van der Waals surface area contributed by atoms with E-state index in [1.165, 1.54) is 22.5 Å². The normalized spacial score (nSPS) is 16.2. The van der Waals surface area contributed by atoms with E-state index in [9.17, 15) is 18.0 Å². The Kier molecular flexibility index (Phi) is 7.48. The molecule has 7 nitrogen and oxygen atoms in total. The van der Waals surface area contributed by atoms with Gasteiger partial charge in [-0.25, -0.2) is 8.42 Å². The van der Waals surface area contributed by atoms with Crippen LogP contribution >= 0.6 is 0 Å². The number of anilines is 1. The quantitative estimate of drug-likeness (QED) is 0.598. The predicted octanol–water partition coefficient (Wildman–Crippen LogP) is 3.10. The molecule has 1 aliphatic heterocycles. The molecule has 8 heteroatoms. The van der Waals surface area contributed by atoms with Gasteiger partial charge in [0.05, 0.1) is 4.90 Å². The number of sulfonamides is 1. The first kappa shape index (κ1) is 23.7. The number of amides is 2. The first-order valence-electron chi connectivity index (χ1n) is 10.6. The smallest absolute Gasteiger partial charge is 0.243 e. The third-order valence-corrected chi connectivity index (χ3v) is 7.61. The average Bonchev–Trinajstić information content (AvgIpc) is 2.79. The van der Waals surface area contributed by atoms with E-state index < -0.39 is 15.6 Å². The van der Waals surface area contributed by atoms with E-state index >= 15 is 0 Å². The molecule has 2 amide bonds.